The zero-order valence-electron chi connectivity index (χ0n) is 11.2. The van der Waals surface area contributed by atoms with Gasteiger partial charge in [-0.25, -0.2) is 4.98 Å². The Labute approximate surface area is 112 Å². The maximum Gasteiger partial charge on any atom is 0.251 e. The predicted octanol–water partition coefficient (Wildman–Crippen LogP) is 1.47. The number of pyridine rings is 1. The first-order chi connectivity index (χ1) is 9.06. The number of rotatable bonds is 5. The highest BCUT2D eigenvalue weighted by atomic mass is 16.3. The van der Waals surface area contributed by atoms with Crippen LogP contribution in [-0.2, 0) is 0 Å². The lowest BCUT2D eigenvalue weighted by Crippen LogP contribution is -2.32. The fourth-order valence-corrected chi connectivity index (χ4v) is 2.00. The predicted molar refractivity (Wildman–Crippen MR) is 73.0 cm³/mol. The normalized spacial score (nSPS) is 12.8. The van der Waals surface area contributed by atoms with Crippen LogP contribution in [0.25, 0.3) is 5.52 Å². The van der Waals surface area contributed by atoms with Crippen molar-refractivity contribution in [2.45, 2.75) is 26.4 Å². The molecule has 19 heavy (non-hydrogen) atoms. The molecule has 5 heteroatoms. The summed E-state index contributed by atoms with van der Waals surface area (Å²) < 4.78 is 1.84. The molecule has 0 fully saturated rings. The summed E-state index contributed by atoms with van der Waals surface area (Å²) in [4.78, 5) is 15.9. The molecule has 0 spiro atoms. The summed E-state index contributed by atoms with van der Waals surface area (Å²) in [6.07, 6.45) is 5.36. The monoisotopic (exact) mass is 261 g/mol. The van der Waals surface area contributed by atoms with Gasteiger partial charge in [0.05, 0.1) is 24.1 Å². The molecule has 1 unspecified atom stereocenters. The summed E-state index contributed by atoms with van der Waals surface area (Å²) >= 11 is 0. The van der Waals surface area contributed by atoms with Crippen LogP contribution in [-0.4, -0.2) is 33.0 Å². The van der Waals surface area contributed by atoms with Gasteiger partial charge in [0, 0.05) is 18.3 Å². The lowest BCUT2D eigenvalue weighted by atomic mass is 10.1. The number of aliphatic hydroxyl groups is 1. The first-order valence-electron chi connectivity index (χ1n) is 6.44. The molecule has 0 saturated heterocycles. The Balaban J connectivity index is 1.95. The number of aromatic nitrogens is 2. The molecule has 2 N–H and O–H groups in total. The minimum absolute atomic E-state index is 0.175. The van der Waals surface area contributed by atoms with Crippen LogP contribution in [0.15, 0.2) is 30.9 Å². The molecule has 2 heterocycles. The van der Waals surface area contributed by atoms with Crippen LogP contribution in [0.3, 0.4) is 0 Å². The molecule has 2 aromatic heterocycles. The fraction of sp³-hybridized carbons (Fsp3) is 0.429. The van der Waals surface area contributed by atoms with E-state index in [2.05, 4.69) is 10.3 Å². The largest absolute Gasteiger partial charge is 0.391 e. The Kier molecular flexibility index (Phi) is 4.16. The molecule has 0 saturated carbocycles. The number of nitrogens with zero attached hydrogens (tertiary/aromatic N) is 2. The van der Waals surface area contributed by atoms with Gasteiger partial charge in [0.2, 0.25) is 0 Å². The summed E-state index contributed by atoms with van der Waals surface area (Å²) in [6, 6.07) is 3.51. The molecule has 1 atom stereocenters. The van der Waals surface area contributed by atoms with E-state index in [4.69, 9.17) is 0 Å². The van der Waals surface area contributed by atoms with Gasteiger partial charge in [0.25, 0.3) is 5.91 Å². The maximum atomic E-state index is 11.9. The lowest BCUT2D eigenvalue weighted by molar-refractivity contribution is 0.0900. The second kappa shape index (κ2) is 5.84. The molecule has 2 rings (SSSR count). The Hall–Kier alpha value is -1.88. The van der Waals surface area contributed by atoms with E-state index in [1.54, 1.807) is 30.9 Å². The van der Waals surface area contributed by atoms with E-state index in [-0.39, 0.29) is 12.5 Å². The van der Waals surface area contributed by atoms with Crippen molar-refractivity contribution in [2.75, 3.05) is 6.54 Å². The number of carbonyl (C=O) groups is 1. The summed E-state index contributed by atoms with van der Waals surface area (Å²) in [5.41, 5.74) is 1.44. The number of nitrogens with one attached hydrogen (secondary N) is 1. The molecule has 0 aliphatic heterocycles. The van der Waals surface area contributed by atoms with E-state index >= 15 is 0 Å². The quantitative estimate of drug-likeness (QED) is 0.856. The summed E-state index contributed by atoms with van der Waals surface area (Å²) in [5.74, 6) is 0.238. The zero-order chi connectivity index (χ0) is 13.8. The molecule has 1 amide bonds. The molecular weight excluding hydrogens is 242 g/mol. The first kappa shape index (κ1) is 13.5. The SMILES string of the molecule is CC(C)CC(O)CNC(=O)c1ccn2cncc2c1. The van der Waals surface area contributed by atoms with Crippen molar-refractivity contribution in [3.63, 3.8) is 0 Å². The van der Waals surface area contributed by atoms with Crippen LogP contribution >= 0.6 is 0 Å². The number of fused-ring (bicyclic) bond motifs is 1. The molecular formula is C14H19N3O2. The van der Waals surface area contributed by atoms with Gasteiger partial charge in [-0.2, -0.15) is 0 Å². The third-order valence-corrected chi connectivity index (χ3v) is 2.92. The second-order valence-electron chi connectivity index (χ2n) is 5.13. The topological polar surface area (TPSA) is 66.6 Å². The zero-order valence-corrected chi connectivity index (χ0v) is 11.2. The van der Waals surface area contributed by atoms with Crippen LogP contribution < -0.4 is 5.32 Å². The number of aliphatic hydroxyl groups excluding tert-OH is 1. The second-order valence-corrected chi connectivity index (χ2v) is 5.13. The standard InChI is InChI=1S/C14H19N3O2/c1-10(2)5-13(18)8-16-14(19)11-3-4-17-9-15-7-12(17)6-11/h3-4,6-7,9-10,13,18H,5,8H2,1-2H3,(H,16,19). The van der Waals surface area contributed by atoms with Crippen LogP contribution in [0.1, 0.15) is 30.6 Å². The number of imidazole rings is 1. The van der Waals surface area contributed by atoms with Gasteiger partial charge in [-0.3, -0.25) is 4.79 Å². The van der Waals surface area contributed by atoms with Gasteiger partial charge in [-0.1, -0.05) is 13.8 Å². The molecule has 0 aliphatic carbocycles. The van der Waals surface area contributed by atoms with Crippen LogP contribution in [0.2, 0.25) is 0 Å². The fourth-order valence-electron chi connectivity index (χ4n) is 2.00. The highest BCUT2D eigenvalue weighted by Crippen LogP contribution is 2.07. The van der Waals surface area contributed by atoms with Crippen LogP contribution in [0.4, 0.5) is 0 Å². The summed E-state index contributed by atoms with van der Waals surface area (Å²) in [6.45, 7) is 4.36. The third kappa shape index (κ3) is 3.54. The molecule has 2 aromatic rings. The molecule has 0 aromatic carbocycles. The van der Waals surface area contributed by atoms with Gasteiger partial charge < -0.3 is 14.8 Å². The Morgan fingerprint density at radius 3 is 3.05 bits per heavy atom. The van der Waals surface area contributed by atoms with Crippen molar-refractivity contribution in [3.8, 4) is 0 Å². The highest BCUT2D eigenvalue weighted by molar-refractivity contribution is 5.95. The van der Waals surface area contributed by atoms with Crippen molar-refractivity contribution in [3.05, 3.63) is 36.4 Å². The minimum Gasteiger partial charge on any atom is -0.391 e. The molecule has 0 aliphatic rings. The Morgan fingerprint density at radius 1 is 1.53 bits per heavy atom. The van der Waals surface area contributed by atoms with E-state index in [0.29, 0.717) is 17.9 Å². The van der Waals surface area contributed by atoms with Gasteiger partial charge in [0.1, 0.15) is 0 Å². The van der Waals surface area contributed by atoms with E-state index in [1.807, 2.05) is 18.2 Å². The van der Waals surface area contributed by atoms with E-state index in [0.717, 1.165) is 5.52 Å². The molecule has 5 nitrogen and oxygen atoms in total. The number of amides is 1. The first-order valence-corrected chi connectivity index (χ1v) is 6.44. The van der Waals surface area contributed by atoms with Crippen molar-refractivity contribution in [1.29, 1.82) is 0 Å². The van der Waals surface area contributed by atoms with Gasteiger partial charge >= 0.3 is 0 Å². The maximum absolute atomic E-state index is 11.9. The molecule has 0 radical (unpaired) electrons. The summed E-state index contributed by atoms with van der Waals surface area (Å²) in [7, 11) is 0. The molecule has 0 bridgehead atoms. The Morgan fingerprint density at radius 2 is 2.32 bits per heavy atom. The van der Waals surface area contributed by atoms with Crippen molar-refractivity contribution >= 4 is 11.4 Å². The van der Waals surface area contributed by atoms with Crippen LogP contribution in [0, 0.1) is 5.92 Å². The number of hydrogen-bond acceptors (Lipinski definition) is 3. The van der Waals surface area contributed by atoms with Crippen LogP contribution in [0.5, 0.6) is 0 Å². The smallest absolute Gasteiger partial charge is 0.251 e. The van der Waals surface area contributed by atoms with Gasteiger partial charge in [-0.05, 0) is 24.5 Å². The Bertz CT molecular complexity index is 563. The average Bonchev–Trinajstić information content (AvgIpc) is 2.82. The minimum atomic E-state index is -0.498. The van der Waals surface area contributed by atoms with E-state index in [1.165, 1.54) is 0 Å². The number of hydrogen-bond donors (Lipinski definition) is 2. The van der Waals surface area contributed by atoms with E-state index < -0.39 is 6.10 Å². The van der Waals surface area contributed by atoms with Crippen molar-refractivity contribution < 1.29 is 9.90 Å². The third-order valence-electron chi connectivity index (χ3n) is 2.92. The lowest BCUT2D eigenvalue weighted by Gasteiger charge is -2.13. The van der Waals surface area contributed by atoms with Crippen molar-refractivity contribution in [2.24, 2.45) is 5.92 Å². The van der Waals surface area contributed by atoms with Gasteiger partial charge in [-0.15, -0.1) is 0 Å². The van der Waals surface area contributed by atoms with Gasteiger partial charge in [0.15, 0.2) is 0 Å². The number of carbonyl (C=O) groups excluding carboxylic acids is 1. The van der Waals surface area contributed by atoms with E-state index in [9.17, 15) is 9.90 Å². The summed E-state index contributed by atoms with van der Waals surface area (Å²) in [5, 5.41) is 12.5. The van der Waals surface area contributed by atoms with Crippen molar-refractivity contribution in [1.82, 2.24) is 14.7 Å². The highest BCUT2D eigenvalue weighted by Gasteiger charge is 2.11. The molecule has 102 valence electrons. The average molecular weight is 261 g/mol.